The third-order valence-electron chi connectivity index (χ3n) is 6.96. The fourth-order valence-corrected chi connectivity index (χ4v) is 6.16. The van der Waals surface area contributed by atoms with Crippen LogP contribution in [0.2, 0.25) is 0 Å². The second-order valence-corrected chi connectivity index (χ2v) is 10.2. The molecule has 0 spiro atoms. The Labute approximate surface area is 240 Å². The van der Waals surface area contributed by atoms with Gasteiger partial charge in [0.15, 0.2) is 16.3 Å². The van der Waals surface area contributed by atoms with Crippen molar-refractivity contribution in [2.75, 3.05) is 35.0 Å². The Balaban J connectivity index is 1.86. The third kappa shape index (κ3) is 4.84. The van der Waals surface area contributed by atoms with Crippen LogP contribution in [0.5, 0.6) is 23.0 Å². The van der Waals surface area contributed by atoms with Crippen LogP contribution in [-0.4, -0.2) is 45.6 Å². The van der Waals surface area contributed by atoms with Gasteiger partial charge in [-0.25, -0.2) is 9.79 Å². The van der Waals surface area contributed by atoms with E-state index in [1.54, 1.807) is 59.0 Å². The van der Waals surface area contributed by atoms with Crippen LogP contribution in [0.1, 0.15) is 31.0 Å². The van der Waals surface area contributed by atoms with E-state index in [1.165, 1.54) is 11.3 Å². The molecule has 1 aromatic heterocycles. The van der Waals surface area contributed by atoms with Gasteiger partial charge >= 0.3 is 5.97 Å². The summed E-state index contributed by atoms with van der Waals surface area (Å²) in [5.41, 5.74) is 1.70. The Hall–Kier alpha value is -4.57. The number of benzene rings is 3. The van der Waals surface area contributed by atoms with Crippen LogP contribution in [0.25, 0.3) is 16.8 Å². The number of carbonyl (C=O) groups excluding carboxylic acids is 1. The van der Waals surface area contributed by atoms with E-state index in [2.05, 4.69) is 0 Å². The van der Waals surface area contributed by atoms with Crippen molar-refractivity contribution in [1.82, 2.24) is 4.57 Å². The number of rotatable bonds is 8. The van der Waals surface area contributed by atoms with Gasteiger partial charge in [-0.05, 0) is 55.0 Å². The second kappa shape index (κ2) is 11.5. The first-order valence-corrected chi connectivity index (χ1v) is 13.7. The molecule has 0 radical (unpaired) electrons. The van der Waals surface area contributed by atoms with Crippen LogP contribution < -0.4 is 33.8 Å². The molecule has 41 heavy (non-hydrogen) atoms. The Morgan fingerprint density at radius 1 is 1.00 bits per heavy atom. The number of hydrogen-bond donors (Lipinski definition) is 0. The Morgan fingerprint density at radius 2 is 1.76 bits per heavy atom. The van der Waals surface area contributed by atoms with E-state index in [9.17, 15) is 9.59 Å². The monoisotopic (exact) mass is 574 g/mol. The van der Waals surface area contributed by atoms with Gasteiger partial charge in [-0.15, -0.1) is 0 Å². The molecule has 0 N–H and O–H groups in total. The van der Waals surface area contributed by atoms with Gasteiger partial charge in [0, 0.05) is 11.1 Å². The molecule has 0 bridgehead atoms. The van der Waals surface area contributed by atoms with Gasteiger partial charge in [0.25, 0.3) is 5.56 Å². The number of para-hydroxylation sites is 1. The Kier molecular flexibility index (Phi) is 7.85. The number of thiazole rings is 1. The lowest BCUT2D eigenvalue weighted by Crippen LogP contribution is -2.40. The number of hydrogen-bond acceptors (Lipinski definition) is 9. The summed E-state index contributed by atoms with van der Waals surface area (Å²) in [5, 5.41) is 1.66. The summed E-state index contributed by atoms with van der Waals surface area (Å²) >= 11 is 1.23. The SMILES string of the molecule is CCOC(=O)C1=C(C)N=c2sc(=Cc3cccc(OC)c3OC)c(=O)n2C1c1c(OC)ccc2ccc(OC)cc12. The molecule has 9 nitrogen and oxygen atoms in total. The van der Waals surface area contributed by atoms with Gasteiger partial charge in [-0.3, -0.25) is 9.36 Å². The summed E-state index contributed by atoms with van der Waals surface area (Å²) < 4.78 is 29.8. The number of carbonyl (C=O) groups is 1. The molecule has 4 aromatic rings. The first-order valence-electron chi connectivity index (χ1n) is 12.9. The molecule has 10 heteroatoms. The molecule has 1 aliphatic heterocycles. The average Bonchev–Trinajstić information content (AvgIpc) is 3.29. The minimum absolute atomic E-state index is 0.170. The zero-order valence-electron chi connectivity index (χ0n) is 23.6. The topological polar surface area (TPSA) is 97.6 Å². The van der Waals surface area contributed by atoms with Gasteiger partial charge in [0.1, 0.15) is 17.5 Å². The van der Waals surface area contributed by atoms with Crippen molar-refractivity contribution in [2.45, 2.75) is 19.9 Å². The second-order valence-electron chi connectivity index (χ2n) is 9.15. The van der Waals surface area contributed by atoms with Gasteiger partial charge < -0.3 is 23.7 Å². The number of aromatic nitrogens is 1. The summed E-state index contributed by atoms with van der Waals surface area (Å²) in [6, 6.07) is 14.0. The number of methoxy groups -OCH3 is 4. The van der Waals surface area contributed by atoms with Gasteiger partial charge in [-0.1, -0.05) is 35.6 Å². The van der Waals surface area contributed by atoms with E-state index < -0.39 is 12.0 Å². The fraction of sp³-hybridized carbons (Fsp3) is 0.258. The molecule has 5 rings (SSSR count). The molecule has 0 fully saturated rings. The first-order chi connectivity index (χ1) is 19.9. The normalized spacial score (nSPS) is 14.9. The number of esters is 1. The van der Waals surface area contributed by atoms with Crippen LogP contribution >= 0.6 is 11.3 Å². The summed E-state index contributed by atoms with van der Waals surface area (Å²) in [6.45, 7) is 3.66. The van der Waals surface area contributed by atoms with Crippen molar-refractivity contribution in [3.05, 3.63) is 90.6 Å². The average molecular weight is 575 g/mol. The highest BCUT2D eigenvalue weighted by Crippen LogP contribution is 2.41. The molecule has 3 aromatic carbocycles. The maximum absolute atomic E-state index is 14.2. The van der Waals surface area contributed by atoms with Gasteiger partial charge in [-0.2, -0.15) is 0 Å². The summed E-state index contributed by atoms with van der Waals surface area (Å²) in [4.78, 5) is 32.8. The highest BCUT2D eigenvalue weighted by atomic mass is 32.1. The lowest BCUT2D eigenvalue weighted by atomic mass is 9.90. The molecular weight excluding hydrogens is 544 g/mol. The molecule has 0 amide bonds. The molecule has 1 atom stereocenters. The lowest BCUT2D eigenvalue weighted by molar-refractivity contribution is -0.139. The molecule has 212 valence electrons. The number of allylic oxidation sites excluding steroid dienone is 1. The van der Waals surface area contributed by atoms with E-state index in [0.29, 0.717) is 49.2 Å². The number of fused-ring (bicyclic) bond motifs is 2. The predicted octanol–water partition coefficient (Wildman–Crippen LogP) is 3.99. The molecule has 0 saturated carbocycles. The molecule has 0 aliphatic carbocycles. The van der Waals surface area contributed by atoms with Crippen LogP contribution in [0.4, 0.5) is 0 Å². The van der Waals surface area contributed by atoms with E-state index in [-0.39, 0.29) is 17.7 Å². The van der Waals surface area contributed by atoms with Crippen molar-refractivity contribution in [2.24, 2.45) is 4.99 Å². The van der Waals surface area contributed by atoms with E-state index >= 15 is 0 Å². The van der Waals surface area contributed by atoms with Gasteiger partial charge in [0.2, 0.25) is 0 Å². The molecule has 2 heterocycles. The van der Waals surface area contributed by atoms with Crippen LogP contribution in [-0.2, 0) is 9.53 Å². The molecule has 0 saturated heterocycles. The summed E-state index contributed by atoms with van der Waals surface area (Å²) in [7, 11) is 6.25. The maximum atomic E-state index is 14.2. The highest BCUT2D eigenvalue weighted by molar-refractivity contribution is 7.07. The van der Waals surface area contributed by atoms with Crippen molar-refractivity contribution in [3.63, 3.8) is 0 Å². The minimum atomic E-state index is -0.870. The fourth-order valence-electron chi connectivity index (χ4n) is 5.12. The zero-order valence-corrected chi connectivity index (χ0v) is 24.5. The quantitative estimate of drug-likeness (QED) is 0.294. The van der Waals surface area contributed by atoms with E-state index in [0.717, 1.165) is 10.8 Å². The van der Waals surface area contributed by atoms with Gasteiger partial charge in [0.05, 0.1) is 50.8 Å². The van der Waals surface area contributed by atoms with E-state index in [1.807, 2.05) is 42.5 Å². The Bertz CT molecular complexity index is 1860. The van der Waals surface area contributed by atoms with Crippen LogP contribution in [0, 0.1) is 0 Å². The van der Waals surface area contributed by atoms with Crippen molar-refractivity contribution < 1.29 is 28.5 Å². The van der Waals surface area contributed by atoms with Crippen molar-refractivity contribution in [3.8, 4) is 23.0 Å². The summed E-state index contributed by atoms with van der Waals surface area (Å²) in [6.07, 6.45) is 1.75. The first kappa shape index (κ1) is 28.0. The lowest BCUT2D eigenvalue weighted by Gasteiger charge is -2.27. The van der Waals surface area contributed by atoms with Crippen molar-refractivity contribution >= 4 is 34.2 Å². The van der Waals surface area contributed by atoms with Crippen LogP contribution in [0.3, 0.4) is 0 Å². The number of ether oxygens (including phenoxy) is 5. The summed E-state index contributed by atoms with van der Waals surface area (Å²) in [5.74, 6) is 1.63. The largest absolute Gasteiger partial charge is 0.497 e. The van der Waals surface area contributed by atoms with Crippen LogP contribution in [0.15, 0.2) is 69.6 Å². The standard InChI is InChI=1S/C31H30N2O7S/c1-7-40-30(35)25-17(2)32-31-33(29(34)24(41-31)15-19-9-8-10-23(38-5)28(19)39-6)27(25)26-21-16-20(36-3)13-11-18(21)12-14-22(26)37-4/h8-16,27H,7H2,1-6H3. The maximum Gasteiger partial charge on any atom is 0.338 e. The number of nitrogens with zero attached hydrogens (tertiary/aromatic N) is 2. The smallest absolute Gasteiger partial charge is 0.338 e. The third-order valence-corrected chi connectivity index (χ3v) is 7.94. The van der Waals surface area contributed by atoms with E-state index in [4.69, 9.17) is 28.7 Å². The molecular formula is C31H30N2O7S. The predicted molar refractivity (Wildman–Crippen MR) is 157 cm³/mol. The highest BCUT2D eigenvalue weighted by Gasteiger charge is 2.36. The Morgan fingerprint density at radius 3 is 2.44 bits per heavy atom. The molecule has 1 unspecified atom stereocenters. The van der Waals surface area contributed by atoms with Crippen molar-refractivity contribution in [1.29, 1.82) is 0 Å². The zero-order chi connectivity index (χ0) is 29.3. The minimum Gasteiger partial charge on any atom is -0.497 e. The molecule has 1 aliphatic rings.